The molecular formula is C16H19FN6. The van der Waals surface area contributed by atoms with Crippen molar-refractivity contribution in [3.05, 3.63) is 48.2 Å². The van der Waals surface area contributed by atoms with E-state index in [1.54, 1.807) is 23.0 Å². The summed E-state index contributed by atoms with van der Waals surface area (Å²) in [6.07, 6.45) is 3.27. The van der Waals surface area contributed by atoms with Crippen LogP contribution >= 0.6 is 0 Å². The molecule has 0 aliphatic rings. The fourth-order valence-electron chi connectivity index (χ4n) is 2.58. The lowest BCUT2D eigenvalue weighted by Gasteiger charge is -2.25. The van der Waals surface area contributed by atoms with Crippen LogP contribution in [0.4, 0.5) is 10.2 Å². The van der Waals surface area contributed by atoms with Gasteiger partial charge in [0.05, 0.1) is 17.6 Å². The first-order valence-electron chi connectivity index (χ1n) is 7.34. The van der Waals surface area contributed by atoms with Gasteiger partial charge in [0.25, 0.3) is 0 Å². The average molecular weight is 314 g/mol. The van der Waals surface area contributed by atoms with Crippen LogP contribution in [-0.4, -0.2) is 45.3 Å². The Kier molecular flexibility index (Phi) is 4.20. The van der Waals surface area contributed by atoms with Crippen molar-refractivity contribution in [3.8, 4) is 0 Å². The predicted molar refractivity (Wildman–Crippen MR) is 87.6 cm³/mol. The van der Waals surface area contributed by atoms with Gasteiger partial charge in [0.15, 0.2) is 5.65 Å². The van der Waals surface area contributed by atoms with Gasteiger partial charge in [-0.2, -0.15) is 5.10 Å². The third-order valence-electron chi connectivity index (χ3n) is 3.87. The normalized spacial score (nSPS) is 12.7. The van der Waals surface area contributed by atoms with E-state index in [0.717, 1.165) is 22.4 Å². The molecule has 3 rings (SSSR count). The van der Waals surface area contributed by atoms with Crippen LogP contribution in [0.25, 0.3) is 11.0 Å². The molecule has 1 N–H and O–H groups in total. The van der Waals surface area contributed by atoms with Crippen LogP contribution in [0.15, 0.2) is 36.8 Å². The van der Waals surface area contributed by atoms with Crippen LogP contribution in [0, 0.1) is 5.82 Å². The number of aryl methyl sites for hydroxylation is 1. The van der Waals surface area contributed by atoms with E-state index >= 15 is 0 Å². The summed E-state index contributed by atoms with van der Waals surface area (Å²) in [4.78, 5) is 10.6. The summed E-state index contributed by atoms with van der Waals surface area (Å²) in [5.41, 5.74) is 1.83. The first-order chi connectivity index (χ1) is 11.1. The molecule has 0 aliphatic heterocycles. The minimum Gasteiger partial charge on any atom is -0.367 e. The predicted octanol–water partition coefficient (Wildman–Crippen LogP) is 2.22. The SMILES string of the molecule is CN(C)[C@@H](CNc1ncnc2c1cnn2C)c1ccc(F)cc1. The van der Waals surface area contributed by atoms with Crippen molar-refractivity contribution in [1.82, 2.24) is 24.6 Å². The number of fused-ring (bicyclic) bond motifs is 1. The maximum Gasteiger partial charge on any atom is 0.163 e. The van der Waals surface area contributed by atoms with Crippen molar-refractivity contribution in [3.63, 3.8) is 0 Å². The number of anilines is 1. The lowest BCUT2D eigenvalue weighted by Crippen LogP contribution is -2.27. The fraction of sp³-hybridized carbons (Fsp3) is 0.312. The number of aromatic nitrogens is 4. The van der Waals surface area contributed by atoms with Gasteiger partial charge in [-0.3, -0.25) is 4.68 Å². The van der Waals surface area contributed by atoms with Gasteiger partial charge in [0.2, 0.25) is 0 Å². The minimum atomic E-state index is -0.230. The van der Waals surface area contributed by atoms with E-state index in [-0.39, 0.29) is 11.9 Å². The van der Waals surface area contributed by atoms with Crippen LogP contribution in [-0.2, 0) is 7.05 Å². The number of hydrogen-bond acceptors (Lipinski definition) is 5. The van der Waals surface area contributed by atoms with Gasteiger partial charge in [-0.1, -0.05) is 12.1 Å². The molecule has 0 radical (unpaired) electrons. The molecule has 6 nitrogen and oxygen atoms in total. The van der Waals surface area contributed by atoms with E-state index in [9.17, 15) is 4.39 Å². The molecule has 23 heavy (non-hydrogen) atoms. The Labute approximate surface area is 134 Å². The number of rotatable bonds is 5. The van der Waals surface area contributed by atoms with E-state index in [4.69, 9.17) is 0 Å². The highest BCUT2D eigenvalue weighted by molar-refractivity contribution is 5.85. The second kappa shape index (κ2) is 6.29. The van der Waals surface area contributed by atoms with Gasteiger partial charge in [0.1, 0.15) is 18.0 Å². The highest BCUT2D eigenvalue weighted by Gasteiger charge is 2.15. The van der Waals surface area contributed by atoms with Crippen molar-refractivity contribution in [2.45, 2.75) is 6.04 Å². The van der Waals surface area contributed by atoms with Crippen LogP contribution in [0.3, 0.4) is 0 Å². The second-order valence-corrected chi connectivity index (χ2v) is 5.64. The smallest absolute Gasteiger partial charge is 0.163 e. The summed E-state index contributed by atoms with van der Waals surface area (Å²) in [6, 6.07) is 6.67. The molecule has 3 aromatic rings. The molecule has 0 amide bonds. The zero-order valence-electron chi connectivity index (χ0n) is 13.4. The van der Waals surface area contributed by atoms with Gasteiger partial charge >= 0.3 is 0 Å². The van der Waals surface area contributed by atoms with Gasteiger partial charge < -0.3 is 10.2 Å². The molecule has 2 heterocycles. The van der Waals surface area contributed by atoms with E-state index in [1.807, 2.05) is 21.1 Å². The van der Waals surface area contributed by atoms with Crippen LogP contribution in [0.1, 0.15) is 11.6 Å². The fourth-order valence-corrected chi connectivity index (χ4v) is 2.58. The topological polar surface area (TPSA) is 58.9 Å². The maximum atomic E-state index is 13.1. The number of halogens is 1. The van der Waals surface area contributed by atoms with Crippen molar-refractivity contribution in [1.29, 1.82) is 0 Å². The van der Waals surface area contributed by atoms with Crippen LogP contribution < -0.4 is 5.32 Å². The second-order valence-electron chi connectivity index (χ2n) is 5.64. The Balaban J connectivity index is 1.82. The van der Waals surface area contributed by atoms with Crippen molar-refractivity contribution < 1.29 is 4.39 Å². The molecular weight excluding hydrogens is 295 g/mol. The van der Waals surface area contributed by atoms with Crippen molar-refractivity contribution in [2.75, 3.05) is 26.0 Å². The first kappa shape index (κ1) is 15.4. The Hall–Kier alpha value is -2.54. The molecule has 0 spiro atoms. The molecule has 2 aromatic heterocycles. The highest BCUT2D eigenvalue weighted by Crippen LogP contribution is 2.22. The Bertz CT molecular complexity index is 796. The molecule has 0 unspecified atom stereocenters. The third-order valence-corrected chi connectivity index (χ3v) is 3.87. The zero-order chi connectivity index (χ0) is 16.4. The quantitative estimate of drug-likeness (QED) is 0.782. The molecule has 0 fully saturated rings. The van der Waals surface area contributed by atoms with Gasteiger partial charge in [-0.05, 0) is 31.8 Å². The van der Waals surface area contributed by atoms with E-state index in [1.165, 1.54) is 18.5 Å². The molecule has 1 atom stereocenters. The molecule has 120 valence electrons. The van der Waals surface area contributed by atoms with Crippen LogP contribution in [0.2, 0.25) is 0 Å². The Morgan fingerprint density at radius 2 is 1.96 bits per heavy atom. The summed E-state index contributed by atoms with van der Waals surface area (Å²) < 4.78 is 14.8. The number of benzene rings is 1. The standard InChI is InChI=1S/C16H19FN6/c1-22(2)14(11-4-6-12(17)7-5-11)9-18-15-13-8-21-23(3)16(13)20-10-19-15/h4-8,10,14H,9H2,1-3H3,(H,18,19,20)/t14-/m0/s1. The summed E-state index contributed by atoms with van der Waals surface area (Å²) in [5, 5.41) is 8.45. The zero-order valence-corrected chi connectivity index (χ0v) is 13.4. The van der Waals surface area contributed by atoms with Gasteiger partial charge in [-0.25, -0.2) is 14.4 Å². The number of likely N-dealkylation sites (N-methyl/N-ethyl adjacent to an activating group) is 1. The Morgan fingerprint density at radius 1 is 1.22 bits per heavy atom. The number of nitrogens with one attached hydrogen (secondary N) is 1. The van der Waals surface area contributed by atoms with E-state index in [0.29, 0.717) is 6.54 Å². The van der Waals surface area contributed by atoms with E-state index in [2.05, 4.69) is 25.3 Å². The third kappa shape index (κ3) is 3.14. The maximum absolute atomic E-state index is 13.1. The van der Waals surface area contributed by atoms with Crippen LogP contribution in [0.5, 0.6) is 0 Å². The number of hydrogen-bond donors (Lipinski definition) is 1. The molecule has 0 aliphatic carbocycles. The van der Waals surface area contributed by atoms with E-state index < -0.39 is 0 Å². The monoisotopic (exact) mass is 314 g/mol. The summed E-state index contributed by atoms with van der Waals surface area (Å²) in [7, 11) is 5.84. The minimum absolute atomic E-state index is 0.0947. The lowest BCUT2D eigenvalue weighted by atomic mass is 10.1. The van der Waals surface area contributed by atoms with Crippen molar-refractivity contribution in [2.24, 2.45) is 7.05 Å². The van der Waals surface area contributed by atoms with Gasteiger partial charge in [0, 0.05) is 13.6 Å². The molecule has 1 aromatic carbocycles. The lowest BCUT2D eigenvalue weighted by molar-refractivity contribution is 0.311. The van der Waals surface area contributed by atoms with Gasteiger partial charge in [-0.15, -0.1) is 0 Å². The summed E-state index contributed by atoms with van der Waals surface area (Å²) in [5.74, 6) is 0.518. The Morgan fingerprint density at radius 3 is 2.65 bits per heavy atom. The average Bonchev–Trinajstić information content (AvgIpc) is 2.91. The molecule has 0 saturated heterocycles. The first-order valence-corrected chi connectivity index (χ1v) is 7.34. The van der Waals surface area contributed by atoms with Crippen molar-refractivity contribution >= 4 is 16.9 Å². The molecule has 0 bridgehead atoms. The molecule has 7 heteroatoms. The number of nitrogens with zero attached hydrogens (tertiary/aromatic N) is 5. The highest BCUT2D eigenvalue weighted by atomic mass is 19.1. The largest absolute Gasteiger partial charge is 0.367 e. The summed E-state index contributed by atoms with van der Waals surface area (Å²) >= 11 is 0. The summed E-state index contributed by atoms with van der Waals surface area (Å²) in [6.45, 7) is 0.639. The molecule has 0 saturated carbocycles.